The molecule has 0 aliphatic rings. The van der Waals surface area contributed by atoms with Crippen molar-refractivity contribution in [2.45, 2.75) is 6.92 Å². The van der Waals surface area contributed by atoms with Crippen molar-refractivity contribution in [2.75, 3.05) is 17.5 Å². The fraction of sp³-hybridized carbons (Fsp3) is 0.167. The second-order valence-electron chi connectivity index (χ2n) is 5.25. The van der Waals surface area contributed by atoms with E-state index in [-0.39, 0.29) is 12.5 Å². The van der Waals surface area contributed by atoms with Crippen LogP contribution in [-0.4, -0.2) is 27.1 Å². The normalized spacial score (nSPS) is 10.4. The minimum Gasteiger partial charge on any atom is -0.341 e. The van der Waals surface area contributed by atoms with Crippen LogP contribution in [0.5, 0.6) is 0 Å². The van der Waals surface area contributed by atoms with Crippen LogP contribution < -0.4 is 10.0 Å². The summed E-state index contributed by atoms with van der Waals surface area (Å²) < 4.78 is 25.1. The van der Waals surface area contributed by atoms with Crippen molar-refractivity contribution in [1.82, 2.24) is 5.32 Å². The topological polar surface area (TPSA) is 75.3 Å². The number of benzene rings is 2. The number of anilines is 1. The lowest BCUT2D eigenvalue weighted by atomic mass is 10.1. The first-order chi connectivity index (χ1) is 11.3. The van der Waals surface area contributed by atoms with E-state index in [0.717, 1.165) is 17.4 Å². The summed E-state index contributed by atoms with van der Waals surface area (Å²) in [5.74, 6) is 5.51. The molecule has 0 saturated heterocycles. The molecular weight excluding hydrogens is 324 g/mol. The van der Waals surface area contributed by atoms with Crippen molar-refractivity contribution >= 4 is 21.6 Å². The minimum atomic E-state index is -3.40. The van der Waals surface area contributed by atoms with Gasteiger partial charge >= 0.3 is 0 Å². The number of carbonyl (C=O) groups excluding carboxylic acids is 1. The maximum absolute atomic E-state index is 12.1. The fourth-order valence-electron chi connectivity index (χ4n) is 1.97. The van der Waals surface area contributed by atoms with Crippen molar-refractivity contribution < 1.29 is 13.2 Å². The van der Waals surface area contributed by atoms with Crippen LogP contribution in [-0.2, 0) is 10.0 Å². The van der Waals surface area contributed by atoms with Gasteiger partial charge < -0.3 is 5.32 Å². The number of sulfonamides is 1. The molecule has 0 heterocycles. The largest absolute Gasteiger partial charge is 0.341 e. The van der Waals surface area contributed by atoms with E-state index in [4.69, 9.17) is 0 Å². The number of rotatable bonds is 4. The average Bonchev–Trinajstić information content (AvgIpc) is 2.53. The summed E-state index contributed by atoms with van der Waals surface area (Å²) in [4.78, 5) is 12.1. The molecule has 2 rings (SSSR count). The Bertz CT molecular complexity index is 895. The maximum Gasteiger partial charge on any atom is 0.252 e. The molecule has 0 unspecified atom stereocenters. The highest BCUT2D eigenvalue weighted by molar-refractivity contribution is 7.92. The Hall–Kier alpha value is -2.78. The van der Waals surface area contributed by atoms with Gasteiger partial charge in [-0.2, -0.15) is 0 Å². The molecule has 2 aromatic carbocycles. The molecule has 2 N–H and O–H groups in total. The average molecular weight is 342 g/mol. The first-order valence-electron chi connectivity index (χ1n) is 7.26. The SMILES string of the molecule is Cc1ccc(C(=O)NCC#Cc2ccccc2)cc1NS(C)(=O)=O. The molecule has 0 atom stereocenters. The third-order valence-electron chi connectivity index (χ3n) is 3.14. The summed E-state index contributed by atoms with van der Waals surface area (Å²) in [5.41, 5.74) is 2.37. The number of hydrogen-bond acceptors (Lipinski definition) is 3. The molecule has 124 valence electrons. The summed E-state index contributed by atoms with van der Waals surface area (Å²) in [6.45, 7) is 1.97. The third kappa shape index (κ3) is 5.45. The van der Waals surface area contributed by atoms with Crippen LogP contribution >= 0.6 is 0 Å². The molecule has 0 aliphatic carbocycles. The van der Waals surface area contributed by atoms with E-state index in [1.54, 1.807) is 19.1 Å². The Kier molecular flexibility index (Phi) is 5.61. The monoisotopic (exact) mass is 342 g/mol. The quantitative estimate of drug-likeness (QED) is 0.836. The summed E-state index contributed by atoms with van der Waals surface area (Å²) in [5, 5.41) is 2.69. The van der Waals surface area contributed by atoms with E-state index in [0.29, 0.717) is 11.3 Å². The van der Waals surface area contributed by atoms with Gasteiger partial charge in [-0.25, -0.2) is 8.42 Å². The lowest BCUT2D eigenvalue weighted by molar-refractivity contribution is 0.0958. The Labute approximate surface area is 142 Å². The fourth-order valence-corrected chi connectivity index (χ4v) is 2.59. The van der Waals surface area contributed by atoms with Crippen LogP contribution in [0.3, 0.4) is 0 Å². The zero-order valence-electron chi connectivity index (χ0n) is 13.5. The molecule has 5 nitrogen and oxygen atoms in total. The lowest BCUT2D eigenvalue weighted by Gasteiger charge is -2.09. The van der Waals surface area contributed by atoms with E-state index in [2.05, 4.69) is 21.9 Å². The molecule has 0 radical (unpaired) electrons. The Morgan fingerprint density at radius 1 is 1.12 bits per heavy atom. The van der Waals surface area contributed by atoms with Crippen LogP contribution in [0.1, 0.15) is 21.5 Å². The molecule has 0 spiro atoms. The van der Waals surface area contributed by atoms with Gasteiger partial charge in [0.2, 0.25) is 10.0 Å². The Morgan fingerprint density at radius 3 is 2.50 bits per heavy atom. The molecule has 6 heteroatoms. The number of hydrogen-bond donors (Lipinski definition) is 2. The highest BCUT2D eigenvalue weighted by Crippen LogP contribution is 2.17. The molecule has 0 aliphatic heterocycles. The first kappa shape index (κ1) is 17.6. The molecule has 2 aromatic rings. The van der Waals surface area contributed by atoms with Crippen LogP contribution in [0, 0.1) is 18.8 Å². The van der Waals surface area contributed by atoms with Crippen LogP contribution in [0.15, 0.2) is 48.5 Å². The van der Waals surface area contributed by atoms with E-state index >= 15 is 0 Å². The smallest absolute Gasteiger partial charge is 0.252 e. The van der Waals surface area contributed by atoms with Gasteiger partial charge in [0.05, 0.1) is 18.5 Å². The van der Waals surface area contributed by atoms with Crippen molar-refractivity contribution in [1.29, 1.82) is 0 Å². The summed E-state index contributed by atoms with van der Waals surface area (Å²) in [6, 6.07) is 14.3. The van der Waals surface area contributed by atoms with Gasteiger partial charge in [-0.05, 0) is 36.8 Å². The zero-order valence-corrected chi connectivity index (χ0v) is 14.3. The molecule has 0 aromatic heterocycles. The van der Waals surface area contributed by atoms with E-state index in [1.165, 1.54) is 6.07 Å². The van der Waals surface area contributed by atoms with Gasteiger partial charge in [0.25, 0.3) is 5.91 Å². The zero-order chi connectivity index (χ0) is 17.6. The summed E-state index contributed by atoms with van der Waals surface area (Å²) in [6.07, 6.45) is 1.07. The van der Waals surface area contributed by atoms with Crippen molar-refractivity contribution in [3.8, 4) is 11.8 Å². The van der Waals surface area contributed by atoms with Gasteiger partial charge in [0.15, 0.2) is 0 Å². The molecule has 0 fully saturated rings. The molecule has 24 heavy (non-hydrogen) atoms. The summed E-state index contributed by atoms with van der Waals surface area (Å²) in [7, 11) is -3.40. The number of nitrogens with one attached hydrogen (secondary N) is 2. The van der Waals surface area contributed by atoms with Crippen molar-refractivity contribution in [2.24, 2.45) is 0 Å². The summed E-state index contributed by atoms with van der Waals surface area (Å²) >= 11 is 0. The Balaban J connectivity index is 2.02. The number of amides is 1. The van der Waals surface area contributed by atoms with Crippen LogP contribution in [0.25, 0.3) is 0 Å². The van der Waals surface area contributed by atoms with Gasteiger partial charge in [-0.15, -0.1) is 0 Å². The number of aryl methyl sites for hydroxylation is 1. The second-order valence-corrected chi connectivity index (χ2v) is 7.00. The van der Waals surface area contributed by atoms with Crippen LogP contribution in [0.2, 0.25) is 0 Å². The van der Waals surface area contributed by atoms with Gasteiger partial charge in [0.1, 0.15) is 0 Å². The standard InChI is InChI=1S/C18H18N2O3S/c1-14-10-11-16(13-17(14)20-24(2,22)23)18(21)19-12-6-9-15-7-4-3-5-8-15/h3-5,7-8,10-11,13,20H,12H2,1-2H3,(H,19,21). The van der Waals surface area contributed by atoms with Crippen molar-refractivity contribution in [3.05, 3.63) is 65.2 Å². The number of carbonyl (C=O) groups is 1. The predicted octanol–water partition coefficient (Wildman–Crippen LogP) is 2.15. The first-order valence-corrected chi connectivity index (χ1v) is 9.15. The Morgan fingerprint density at radius 2 is 1.83 bits per heavy atom. The molecule has 0 saturated carbocycles. The molecule has 1 amide bonds. The van der Waals surface area contributed by atoms with E-state index < -0.39 is 10.0 Å². The van der Waals surface area contributed by atoms with E-state index in [9.17, 15) is 13.2 Å². The highest BCUT2D eigenvalue weighted by atomic mass is 32.2. The lowest BCUT2D eigenvalue weighted by Crippen LogP contribution is -2.24. The van der Waals surface area contributed by atoms with Gasteiger partial charge in [-0.3, -0.25) is 9.52 Å². The minimum absolute atomic E-state index is 0.205. The van der Waals surface area contributed by atoms with Gasteiger partial charge in [0, 0.05) is 11.1 Å². The van der Waals surface area contributed by atoms with E-state index in [1.807, 2.05) is 30.3 Å². The second kappa shape index (κ2) is 7.66. The highest BCUT2D eigenvalue weighted by Gasteiger charge is 2.10. The molecular formula is C18H18N2O3S. The van der Waals surface area contributed by atoms with Gasteiger partial charge in [-0.1, -0.05) is 36.1 Å². The maximum atomic E-state index is 12.1. The predicted molar refractivity (Wildman–Crippen MR) is 95.3 cm³/mol. The van der Waals surface area contributed by atoms with Crippen LogP contribution in [0.4, 0.5) is 5.69 Å². The third-order valence-corrected chi connectivity index (χ3v) is 3.73. The molecule has 0 bridgehead atoms. The van der Waals surface area contributed by atoms with Crippen molar-refractivity contribution in [3.63, 3.8) is 0 Å².